The fraction of sp³-hybridized carbons (Fsp3) is 0.600. The summed E-state index contributed by atoms with van der Waals surface area (Å²) in [7, 11) is -3.60. The summed E-state index contributed by atoms with van der Waals surface area (Å²) < 4.78 is 27.6. The van der Waals surface area contributed by atoms with Gasteiger partial charge >= 0.3 is 0 Å². The Morgan fingerprint density at radius 2 is 2.06 bits per heavy atom. The average molecular weight is 342 g/mol. The number of rotatable bonds is 4. The smallest absolute Gasteiger partial charge is 0.242 e. The number of aliphatic hydroxyl groups is 1. The topological polar surface area (TPSA) is 66.4 Å². The summed E-state index contributed by atoms with van der Waals surface area (Å²) in [5, 5.41) is 9.53. The maximum atomic E-state index is 12.2. The van der Waals surface area contributed by atoms with Gasteiger partial charge in [-0.1, -0.05) is 0 Å². The third kappa shape index (κ3) is 3.51. The van der Waals surface area contributed by atoms with Crippen LogP contribution in [-0.2, 0) is 10.0 Å². The van der Waals surface area contributed by atoms with Crippen LogP contribution in [0, 0.1) is 6.92 Å². The molecule has 1 heterocycles. The standard InChI is InChI=1S/C10H16BrNO3S2/c1-6-8(5-9(11)16-6)17(14,15)12-10(3,4)7(2)13/h5,7,12-13H,1-4H3. The van der Waals surface area contributed by atoms with Crippen LogP contribution in [0.15, 0.2) is 14.7 Å². The van der Waals surface area contributed by atoms with Crippen LogP contribution >= 0.6 is 27.3 Å². The lowest BCUT2D eigenvalue weighted by Gasteiger charge is -2.28. The molecule has 0 aliphatic rings. The molecule has 0 spiro atoms. The third-order valence-corrected chi connectivity index (χ3v) is 6.05. The van der Waals surface area contributed by atoms with Gasteiger partial charge in [-0.15, -0.1) is 11.3 Å². The molecule has 98 valence electrons. The quantitative estimate of drug-likeness (QED) is 0.882. The van der Waals surface area contributed by atoms with E-state index in [9.17, 15) is 13.5 Å². The second-order valence-corrected chi connectivity index (χ2v) is 8.76. The lowest BCUT2D eigenvalue weighted by Crippen LogP contribution is -2.50. The van der Waals surface area contributed by atoms with Crippen LogP contribution < -0.4 is 4.72 Å². The fourth-order valence-corrected chi connectivity index (χ4v) is 5.08. The van der Waals surface area contributed by atoms with E-state index < -0.39 is 21.7 Å². The van der Waals surface area contributed by atoms with Crippen molar-refractivity contribution in [1.82, 2.24) is 4.72 Å². The van der Waals surface area contributed by atoms with E-state index in [0.29, 0.717) is 4.88 Å². The van der Waals surface area contributed by atoms with Crippen LogP contribution in [0.2, 0.25) is 0 Å². The number of aliphatic hydroxyl groups excluding tert-OH is 1. The zero-order valence-electron chi connectivity index (χ0n) is 10.1. The van der Waals surface area contributed by atoms with Crippen LogP contribution in [0.5, 0.6) is 0 Å². The lowest BCUT2D eigenvalue weighted by atomic mass is 10.0. The highest BCUT2D eigenvalue weighted by molar-refractivity contribution is 9.11. The number of sulfonamides is 1. The molecule has 7 heteroatoms. The van der Waals surface area contributed by atoms with E-state index in [1.54, 1.807) is 33.8 Å². The van der Waals surface area contributed by atoms with Crippen molar-refractivity contribution >= 4 is 37.3 Å². The van der Waals surface area contributed by atoms with Gasteiger partial charge in [0.25, 0.3) is 0 Å². The van der Waals surface area contributed by atoms with E-state index in [2.05, 4.69) is 20.7 Å². The molecule has 2 N–H and O–H groups in total. The summed E-state index contributed by atoms with van der Waals surface area (Å²) in [6.07, 6.45) is -0.778. The summed E-state index contributed by atoms with van der Waals surface area (Å²) in [6, 6.07) is 1.57. The first-order chi connectivity index (χ1) is 7.56. The monoisotopic (exact) mass is 341 g/mol. The average Bonchev–Trinajstić information content (AvgIpc) is 2.43. The molecule has 1 rings (SSSR count). The summed E-state index contributed by atoms with van der Waals surface area (Å²) in [5.74, 6) is 0. The van der Waals surface area contributed by atoms with Crippen LogP contribution in [-0.4, -0.2) is 25.2 Å². The van der Waals surface area contributed by atoms with E-state index in [1.165, 1.54) is 11.3 Å². The molecule has 0 bridgehead atoms. The molecule has 17 heavy (non-hydrogen) atoms. The molecular formula is C10H16BrNO3S2. The SMILES string of the molecule is Cc1sc(Br)cc1S(=O)(=O)NC(C)(C)C(C)O. The van der Waals surface area contributed by atoms with E-state index in [0.717, 1.165) is 3.79 Å². The maximum Gasteiger partial charge on any atom is 0.242 e. The summed E-state index contributed by atoms with van der Waals surface area (Å²) >= 11 is 4.63. The number of hydrogen-bond acceptors (Lipinski definition) is 4. The molecule has 0 saturated carbocycles. The van der Waals surface area contributed by atoms with Crippen molar-refractivity contribution in [2.45, 2.75) is 44.2 Å². The van der Waals surface area contributed by atoms with Crippen molar-refractivity contribution in [1.29, 1.82) is 0 Å². The summed E-state index contributed by atoms with van der Waals surface area (Å²) in [6.45, 7) is 6.59. The van der Waals surface area contributed by atoms with Gasteiger partial charge in [0, 0.05) is 4.88 Å². The van der Waals surface area contributed by atoms with Gasteiger partial charge in [-0.3, -0.25) is 0 Å². The molecule has 0 radical (unpaired) electrons. The Balaban J connectivity index is 3.10. The normalized spacial score (nSPS) is 14.9. The molecule has 4 nitrogen and oxygen atoms in total. The molecule has 0 fully saturated rings. The zero-order valence-corrected chi connectivity index (χ0v) is 13.3. The summed E-state index contributed by atoms with van der Waals surface area (Å²) in [5.41, 5.74) is -0.903. The third-order valence-electron chi connectivity index (χ3n) is 2.57. The van der Waals surface area contributed by atoms with Gasteiger partial charge in [0.15, 0.2) is 0 Å². The molecule has 0 aliphatic heterocycles. The van der Waals surface area contributed by atoms with Crippen LogP contribution in [0.3, 0.4) is 0 Å². The van der Waals surface area contributed by atoms with Crippen molar-refractivity contribution in [3.05, 3.63) is 14.7 Å². The van der Waals surface area contributed by atoms with E-state index in [-0.39, 0.29) is 4.90 Å². The minimum absolute atomic E-state index is 0.253. The van der Waals surface area contributed by atoms with Gasteiger partial charge in [-0.05, 0) is 49.7 Å². The zero-order chi connectivity index (χ0) is 13.4. The minimum atomic E-state index is -3.60. The number of thiophene rings is 1. The van der Waals surface area contributed by atoms with E-state index in [1.807, 2.05) is 0 Å². The first-order valence-electron chi connectivity index (χ1n) is 5.04. The second-order valence-electron chi connectivity index (χ2n) is 4.47. The number of halogens is 1. The van der Waals surface area contributed by atoms with E-state index >= 15 is 0 Å². The number of hydrogen-bond donors (Lipinski definition) is 2. The highest BCUT2D eigenvalue weighted by atomic mass is 79.9. The molecule has 1 unspecified atom stereocenters. The molecular weight excluding hydrogens is 326 g/mol. The Morgan fingerprint density at radius 1 is 1.53 bits per heavy atom. The Hall–Kier alpha value is 0.0500. The lowest BCUT2D eigenvalue weighted by molar-refractivity contribution is 0.111. The molecule has 1 atom stereocenters. The fourth-order valence-electron chi connectivity index (χ4n) is 1.18. The van der Waals surface area contributed by atoms with Crippen LogP contribution in [0.25, 0.3) is 0 Å². The van der Waals surface area contributed by atoms with Gasteiger partial charge in [-0.25, -0.2) is 13.1 Å². The van der Waals surface area contributed by atoms with Crippen molar-refractivity contribution in [3.63, 3.8) is 0 Å². The molecule has 1 aromatic rings. The van der Waals surface area contributed by atoms with Crippen molar-refractivity contribution in [3.8, 4) is 0 Å². The van der Waals surface area contributed by atoms with Crippen molar-refractivity contribution in [2.75, 3.05) is 0 Å². The first kappa shape index (κ1) is 15.1. The molecule has 0 saturated heterocycles. The van der Waals surface area contributed by atoms with Gasteiger partial charge in [0.1, 0.15) is 0 Å². The summed E-state index contributed by atoms with van der Waals surface area (Å²) in [4.78, 5) is 0.967. The first-order valence-corrected chi connectivity index (χ1v) is 8.13. The van der Waals surface area contributed by atoms with Crippen LogP contribution in [0.4, 0.5) is 0 Å². The minimum Gasteiger partial charge on any atom is -0.391 e. The molecule has 0 aromatic carbocycles. The van der Waals surface area contributed by atoms with E-state index in [4.69, 9.17) is 0 Å². The van der Waals surface area contributed by atoms with Gasteiger partial charge in [0.2, 0.25) is 10.0 Å². The largest absolute Gasteiger partial charge is 0.391 e. The predicted molar refractivity (Wildman–Crippen MR) is 72.8 cm³/mol. The number of aryl methyl sites for hydroxylation is 1. The number of nitrogens with one attached hydrogen (secondary N) is 1. The Bertz CT molecular complexity index is 506. The molecule has 0 amide bonds. The Labute approximate surface area is 114 Å². The highest BCUT2D eigenvalue weighted by Gasteiger charge is 2.31. The highest BCUT2D eigenvalue weighted by Crippen LogP contribution is 2.30. The van der Waals surface area contributed by atoms with Gasteiger partial charge in [-0.2, -0.15) is 0 Å². The Kier molecular flexibility index (Phi) is 4.42. The maximum absolute atomic E-state index is 12.2. The predicted octanol–water partition coefficient (Wildman–Crippen LogP) is 2.26. The van der Waals surface area contributed by atoms with Crippen molar-refractivity contribution < 1.29 is 13.5 Å². The van der Waals surface area contributed by atoms with Gasteiger partial charge < -0.3 is 5.11 Å². The molecule has 0 aliphatic carbocycles. The van der Waals surface area contributed by atoms with Crippen LogP contribution in [0.1, 0.15) is 25.6 Å². The van der Waals surface area contributed by atoms with Gasteiger partial charge in [0.05, 0.1) is 20.3 Å². The second kappa shape index (κ2) is 4.97. The van der Waals surface area contributed by atoms with Crippen molar-refractivity contribution in [2.24, 2.45) is 0 Å². The molecule has 1 aromatic heterocycles. The Morgan fingerprint density at radius 3 is 2.41 bits per heavy atom.